The van der Waals surface area contributed by atoms with Crippen molar-refractivity contribution in [3.63, 3.8) is 0 Å². The van der Waals surface area contributed by atoms with Crippen LogP contribution < -0.4 is 19.8 Å². The Morgan fingerprint density at radius 2 is 1.77 bits per heavy atom. The molecule has 4 aromatic rings. The van der Waals surface area contributed by atoms with Crippen LogP contribution in [0.1, 0.15) is 47.3 Å². The molecule has 0 saturated heterocycles. The van der Waals surface area contributed by atoms with Gasteiger partial charge in [0, 0.05) is 5.69 Å². The second-order valence-corrected chi connectivity index (χ2v) is 8.10. The maximum atomic E-state index is 14.0. The summed E-state index contributed by atoms with van der Waals surface area (Å²) in [5.41, 5.74) is 1.11. The van der Waals surface area contributed by atoms with Gasteiger partial charge in [-0.1, -0.05) is 12.1 Å². The molecule has 0 spiro atoms. The van der Waals surface area contributed by atoms with Crippen molar-refractivity contribution in [3.8, 4) is 11.5 Å². The van der Waals surface area contributed by atoms with E-state index in [1.54, 1.807) is 30.3 Å². The fourth-order valence-corrected chi connectivity index (χ4v) is 4.40. The molecular formula is C27H23FN2O5. The van der Waals surface area contributed by atoms with Crippen LogP contribution in [-0.4, -0.2) is 24.1 Å². The number of ether oxygens (including phenoxy) is 2. The van der Waals surface area contributed by atoms with Gasteiger partial charge in [-0.15, -0.1) is 0 Å². The highest BCUT2D eigenvalue weighted by molar-refractivity contribution is 6.10. The van der Waals surface area contributed by atoms with Crippen LogP contribution in [0.15, 0.2) is 63.8 Å². The molecule has 1 aliphatic rings. The van der Waals surface area contributed by atoms with Crippen LogP contribution in [0.2, 0.25) is 0 Å². The second kappa shape index (κ2) is 8.87. The Morgan fingerprint density at radius 1 is 1.00 bits per heavy atom. The van der Waals surface area contributed by atoms with E-state index in [4.69, 9.17) is 13.9 Å². The van der Waals surface area contributed by atoms with Crippen molar-refractivity contribution in [2.45, 2.75) is 26.8 Å². The fourth-order valence-electron chi connectivity index (χ4n) is 4.40. The first-order chi connectivity index (χ1) is 16.9. The molecule has 0 N–H and O–H groups in total. The summed E-state index contributed by atoms with van der Waals surface area (Å²) in [4.78, 5) is 33.3. The van der Waals surface area contributed by atoms with Gasteiger partial charge in [0.15, 0.2) is 16.9 Å². The molecule has 1 amide bonds. The average molecular weight is 474 g/mol. The van der Waals surface area contributed by atoms with E-state index >= 15 is 0 Å². The molecule has 3 heterocycles. The molecule has 2 aromatic heterocycles. The third-order valence-electron chi connectivity index (χ3n) is 5.84. The molecule has 0 fully saturated rings. The zero-order chi connectivity index (χ0) is 24.7. The zero-order valence-electron chi connectivity index (χ0n) is 19.5. The van der Waals surface area contributed by atoms with Crippen LogP contribution in [0.4, 0.5) is 10.2 Å². The lowest BCUT2D eigenvalue weighted by molar-refractivity contribution is 0.0970. The number of benzene rings is 2. The normalized spacial score (nSPS) is 14.9. The van der Waals surface area contributed by atoms with Crippen molar-refractivity contribution >= 4 is 22.7 Å². The summed E-state index contributed by atoms with van der Waals surface area (Å²) in [7, 11) is 0. The first-order valence-electron chi connectivity index (χ1n) is 11.4. The van der Waals surface area contributed by atoms with Gasteiger partial charge in [-0.2, -0.15) is 0 Å². The third kappa shape index (κ3) is 3.80. The summed E-state index contributed by atoms with van der Waals surface area (Å²) in [5, 5.41) is 0.0663. The van der Waals surface area contributed by atoms with Crippen LogP contribution >= 0.6 is 0 Å². The van der Waals surface area contributed by atoms with Crippen LogP contribution in [0.3, 0.4) is 0 Å². The number of aryl methyl sites for hydroxylation is 1. The molecule has 1 aliphatic heterocycles. The van der Waals surface area contributed by atoms with Crippen molar-refractivity contribution < 1.29 is 23.1 Å². The molecule has 8 heteroatoms. The first kappa shape index (κ1) is 22.6. The molecular weight excluding hydrogens is 451 g/mol. The van der Waals surface area contributed by atoms with Gasteiger partial charge in [0.2, 0.25) is 5.76 Å². The van der Waals surface area contributed by atoms with Gasteiger partial charge in [-0.3, -0.25) is 14.5 Å². The molecule has 7 nitrogen and oxygen atoms in total. The molecule has 35 heavy (non-hydrogen) atoms. The number of hydrogen-bond donors (Lipinski definition) is 0. The number of rotatable bonds is 6. The van der Waals surface area contributed by atoms with Crippen LogP contribution in [0, 0.1) is 12.7 Å². The lowest BCUT2D eigenvalue weighted by Gasteiger charge is -2.25. The number of aromatic nitrogens is 1. The minimum Gasteiger partial charge on any atom is -0.490 e. The minimum atomic E-state index is -0.856. The van der Waals surface area contributed by atoms with Crippen molar-refractivity contribution in [2.24, 2.45) is 0 Å². The van der Waals surface area contributed by atoms with E-state index in [9.17, 15) is 14.0 Å². The predicted molar refractivity (Wildman–Crippen MR) is 129 cm³/mol. The molecule has 5 rings (SSSR count). The standard InChI is InChI=1S/C27H23FN2O5/c1-4-33-20-11-9-16(13-21(20)34-5-2)24-23-25(31)18-14-17(28)10-12-19(18)35-26(23)27(32)30(24)22-8-6-7-15(3)29-22/h6-14,24H,4-5H2,1-3H3. The van der Waals surface area contributed by atoms with Gasteiger partial charge in [-0.25, -0.2) is 9.37 Å². The highest BCUT2D eigenvalue weighted by Gasteiger charge is 2.44. The van der Waals surface area contributed by atoms with E-state index in [1.165, 1.54) is 17.0 Å². The Hall–Kier alpha value is -4.20. The van der Waals surface area contributed by atoms with E-state index in [-0.39, 0.29) is 22.3 Å². The molecule has 0 aliphatic carbocycles. The molecule has 2 aromatic carbocycles. The van der Waals surface area contributed by atoms with Gasteiger partial charge < -0.3 is 13.9 Å². The highest BCUT2D eigenvalue weighted by Crippen LogP contribution is 2.43. The van der Waals surface area contributed by atoms with E-state index in [0.717, 1.165) is 6.07 Å². The van der Waals surface area contributed by atoms with Crippen LogP contribution in [-0.2, 0) is 0 Å². The smallest absolute Gasteiger partial charge is 0.296 e. The number of anilines is 1. The second-order valence-electron chi connectivity index (χ2n) is 8.10. The lowest BCUT2D eigenvalue weighted by Crippen LogP contribution is -2.30. The number of carbonyl (C=O) groups excluding carboxylic acids is 1. The summed E-state index contributed by atoms with van der Waals surface area (Å²) in [6.45, 7) is 6.39. The van der Waals surface area contributed by atoms with E-state index in [0.29, 0.717) is 41.8 Å². The summed E-state index contributed by atoms with van der Waals surface area (Å²) >= 11 is 0. The topological polar surface area (TPSA) is 81.9 Å². The van der Waals surface area contributed by atoms with Crippen molar-refractivity contribution in [1.82, 2.24) is 4.98 Å². The van der Waals surface area contributed by atoms with Gasteiger partial charge >= 0.3 is 0 Å². The summed E-state index contributed by atoms with van der Waals surface area (Å²) in [6.07, 6.45) is 0. The van der Waals surface area contributed by atoms with Crippen molar-refractivity contribution in [2.75, 3.05) is 18.1 Å². The van der Waals surface area contributed by atoms with Gasteiger partial charge in [0.1, 0.15) is 17.2 Å². The van der Waals surface area contributed by atoms with E-state index in [1.807, 2.05) is 26.8 Å². The Balaban J connectivity index is 1.79. The van der Waals surface area contributed by atoms with Crippen molar-refractivity contribution in [1.29, 1.82) is 0 Å². The maximum Gasteiger partial charge on any atom is 0.296 e. The molecule has 1 unspecified atom stereocenters. The predicted octanol–water partition coefficient (Wildman–Crippen LogP) is 5.18. The highest BCUT2D eigenvalue weighted by atomic mass is 19.1. The Labute approximate surface area is 200 Å². The number of fused-ring (bicyclic) bond motifs is 2. The third-order valence-corrected chi connectivity index (χ3v) is 5.84. The largest absolute Gasteiger partial charge is 0.490 e. The molecule has 1 atom stereocenters. The summed E-state index contributed by atoms with van der Waals surface area (Å²) in [6, 6.07) is 13.4. The van der Waals surface area contributed by atoms with E-state index in [2.05, 4.69) is 4.98 Å². The SMILES string of the molecule is CCOc1ccc(C2c3c(oc4ccc(F)cc4c3=O)C(=O)N2c2cccc(C)n2)cc1OCC. The molecule has 0 bridgehead atoms. The van der Waals surface area contributed by atoms with Crippen LogP contribution in [0.5, 0.6) is 11.5 Å². The summed E-state index contributed by atoms with van der Waals surface area (Å²) < 4.78 is 31.4. The molecule has 0 saturated carbocycles. The number of amides is 1. The average Bonchev–Trinajstić information content (AvgIpc) is 3.13. The first-order valence-corrected chi connectivity index (χ1v) is 11.4. The fraction of sp³-hybridized carbons (Fsp3) is 0.222. The lowest BCUT2D eigenvalue weighted by atomic mass is 9.98. The van der Waals surface area contributed by atoms with Crippen LogP contribution in [0.25, 0.3) is 11.0 Å². The number of carbonyl (C=O) groups is 1. The number of halogens is 1. The number of hydrogen-bond acceptors (Lipinski definition) is 6. The minimum absolute atomic E-state index is 0.0663. The van der Waals surface area contributed by atoms with Crippen molar-refractivity contribution in [3.05, 3.63) is 93.2 Å². The van der Waals surface area contributed by atoms with E-state index < -0.39 is 23.2 Å². The van der Waals surface area contributed by atoms with Gasteiger partial charge in [0.05, 0.1) is 30.2 Å². The Morgan fingerprint density at radius 3 is 2.51 bits per heavy atom. The Bertz CT molecular complexity index is 1510. The zero-order valence-corrected chi connectivity index (χ0v) is 19.5. The monoisotopic (exact) mass is 474 g/mol. The summed E-state index contributed by atoms with van der Waals surface area (Å²) in [5.74, 6) is 0.250. The van der Waals surface area contributed by atoms with Gasteiger partial charge in [-0.05, 0) is 68.8 Å². The number of pyridine rings is 1. The quantitative estimate of drug-likeness (QED) is 0.383. The number of nitrogens with zero attached hydrogens (tertiary/aromatic N) is 2. The van der Waals surface area contributed by atoms with Gasteiger partial charge in [0.25, 0.3) is 5.91 Å². The maximum absolute atomic E-state index is 14.0. The molecule has 178 valence electrons. The molecule has 0 radical (unpaired) electrons. The Kier molecular flexibility index (Phi) is 5.72.